The summed E-state index contributed by atoms with van der Waals surface area (Å²) >= 11 is 0. The van der Waals surface area contributed by atoms with Gasteiger partial charge >= 0.3 is 0 Å². The van der Waals surface area contributed by atoms with Crippen molar-refractivity contribution >= 4 is 5.78 Å². The fourth-order valence-electron chi connectivity index (χ4n) is 0.943. The second-order valence-corrected chi connectivity index (χ2v) is 2.53. The van der Waals surface area contributed by atoms with Crippen LogP contribution in [-0.4, -0.2) is 5.78 Å². The number of ketones is 1. The third-order valence-electron chi connectivity index (χ3n) is 1.55. The van der Waals surface area contributed by atoms with Gasteiger partial charge in [-0.25, -0.2) is 0 Å². The van der Waals surface area contributed by atoms with Crippen molar-refractivity contribution in [3.8, 4) is 0 Å². The summed E-state index contributed by atoms with van der Waals surface area (Å²) in [5.41, 5.74) is 0. The van der Waals surface area contributed by atoms with E-state index in [-0.39, 0.29) is 5.78 Å². The largest absolute Gasteiger partial charge is 0.295 e. The van der Waals surface area contributed by atoms with Crippen LogP contribution in [0.2, 0.25) is 0 Å². The van der Waals surface area contributed by atoms with Crippen molar-refractivity contribution in [2.75, 3.05) is 0 Å². The summed E-state index contributed by atoms with van der Waals surface area (Å²) in [6.07, 6.45) is 14.0. The third kappa shape index (κ3) is 3.56. The Morgan fingerprint density at radius 3 is 2.82 bits per heavy atom. The fourth-order valence-corrected chi connectivity index (χ4v) is 0.943. The quantitative estimate of drug-likeness (QED) is 0.515. The molecule has 0 radical (unpaired) electrons. The highest BCUT2D eigenvalue weighted by Gasteiger charge is 1.94. The molecule has 0 unspecified atom stereocenters. The predicted molar refractivity (Wildman–Crippen MR) is 46.3 cm³/mol. The maximum absolute atomic E-state index is 11.0. The molecular weight excluding hydrogens is 136 g/mol. The average Bonchev–Trinajstić information content (AvgIpc) is 2.03. The number of hydrogen-bond donors (Lipinski definition) is 0. The lowest BCUT2D eigenvalue weighted by Crippen LogP contribution is -1.91. The third-order valence-corrected chi connectivity index (χ3v) is 1.55. The highest BCUT2D eigenvalue weighted by atomic mass is 16.1. The Labute approximate surface area is 67.1 Å². The van der Waals surface area contributed by atoms with Gasteiger partial charge in [0.25, 0.3) is 0 Å². The van der Waals surface area contributed by atoms with Crippen LogP contribution in [0, 0.1) is 0 Å². The maximum Gasteiger partial charge on any atom is 0.155 e. The second kappa shape index (κ2) is 4.67. The van der Waals surface area contributed by atoms with Crippen molar-refractivity contribution < 1.29 is 4.79 Å². The standard InChI is InChI=1S/C10H12O/c11-10-8-6-4-2-1-3-5-7-9-10/h1-4,6,8H,5,7,9H2. The Balaban J connectivity index is 2.56. The molecule has 0 bridgehead atoms. The van der Waals surface area contributed by atoms with E-state index in [1.165, 1.54) is 0 Å². The van der Waals surface area contributed by atoms with Gasteiger partial charge in [0, 0.05) is 6.42 Å². The van der Waals surface area contributed by atoms with Gasteiger partial charge < -0.3 is 0 Å². The smallest absolute Gasteiger partial charge is 0.155 e. The maximum atomic E-state index is 11.0. The van der Waals surface area contributed by atoms with E-state index in [0.717, 1.165) is 12.8 Å². The van der Waals surface area contributed by atoms with Crippen LogP contribution in [0.15, 0.2) is 36.5 Å². The van der Waals surface area contributed by atoms with Crippen molar-refractivity contribution in [1.82, 2.24) is 0 Å². The van der Waals surface area contributed by atoms with Crippen molar-refractivity contribution in [3.05, 3.63) is 36.5 Å². The molecule has 1 aliphatic carbocycles. The Kier molecular flexibility index (Phi) is 3.39. The Hall–Kier alpha value is -1.11. The van der Waals surface area contributed by atoms with Crippen LogP contribution in [0.25, 0.3) is 0 Å². The minimum atomic E-state index is 0.227. The van der Waals surface area contributed by atoms with Gasteiger partial charge in [0.15, 0.2) is 5.78 Å². The molecule has 0 aromatic rings. The van der Waals surface area contributed by atoms with Crippen LogP contribution in [0.1, 0.15) is 19.3 Å². The summed E-state index contributed by atoms with van der Waals surface area (Å²) < 4.78 is 0. The molecule has 0 atom stereocenters. The first-order chi connectivity index (χ1) is 5.39. The zero-order chi connectivity index (χ0) is 7.94. The number of allylic oxidation sites excluding steroid dienone is 6. The van der Waals surface area contributed by atoms with E-state index < -0.39 is 0 Å². The van der Waals surface area contributed by atoms with Gasteiger partial charge in [0.1, 0.15) is 0 Å². The minimum absolute atomic E-state index is 0.227. The monoisotopic (exact) mass is 148 g/mol. The van der Waals surface area contributed by atoms with Gasteiger partial charge in [-0.05, 0) is 18.9 Å². The first kappa shape index (κ1) is 7.99. The highest BCUT2D eigenvalue weighted by molar-refractivity contribution is 5.89. The molecule has 1 heteroatoms. The molecule has 0 N–H and O–H groups in total. The highest BCUT2D eigenvalue weighted by Crippen LogP contribution is 2.00. The zero-order valence-electron chi connectivity index (χ0n) is 6.49. The van der Waals surface area contributed by atoms with Gasteiger partial charge in [-0.15, -0.1) is 0 Å². The van der Waals surface area contributed by atoms with Crippen LogP contribution >= 0.6 is 0 Å². The molecule has 11 heavy (non-hydrogen) atoms. The molecular formula is C10H12O. The second-order valence-electron chi connectivity index (χ2n) is 2.53. The topological polar surface area (TPSA) is 17.1 Å². The summed E-state index contributed by atoms with van der Waals surface area (Å²) in [5.74, 6) is 0.227. The molecule has 1 nitrogen and oxygen atoms in total. The number of carbonyl (C=O) groups is 1. The lowest BCUT2D eigenvalue weighted by atomic mass is 10.1. The van der Waals surface area contributed by atoms with Crippen molar-refractivity contribution in [1.29, 1.82) is 0 Å². The van der Waals surface area contributed by atoms with E-state index in [2.05, 4.69) is 6.08 Å². The van der Waals surface area contributed by atoms with E-state index in [0.29, 0.717) is 6.42 Å². The fraction of sp³-hybridized carbons (Fsp3) is 0.300. The van der Waals surface area contributed by atoms with Crippen LogP contribution in [0.4, 0.5) is 0 Å². The Morgan fingerprint density at radius 1 is 1.09 bits per heavy atom. The van der Waals surface area contributed by atoms with Crippen LogP contribution in [-0.2, 0) is 4.79 Å². The molecule has 0 saturated carbocycles. The molecule has 0 aliphatic heterocycles. The van der Waals surface area contributed by atoms with Crippen LogP contribution in [0.3, 0.4) is 0 Å². The molecule has 0 spiro atoms. The van der Waals surface area contributed by atoms with E-state index in [1.54, 1.807) is 12.2 Å². The summed E-state index contributed by atoms with van der Waals surface area (Å²) in [5, 5.41) is 0. The molecule has 0 saturated heterocycles. The predicted octanol–water partition coefficient (Wildman–Crippen LogP) is 2.41. The van der Waals surface area contributed by atoms with Crippen LogP contribution < -0.4 is 0 Å². The lowest BCUT2D eigenvalue weighted by Gasteiger charge is -1.92. The van der Waals surface area contributed by atoms with Gasteiger partial charge in [-0.2, -0.15) is 0 Å². The normalized spacial score (nSPS) is 18.7. The summed E-state index contributed by atoms with van der Waals surface area (Å²) in [6, 6.07) is 0. The van der Waals surface area contributed by atoms with Crippen molar-refractivity contribution in [2.24, 2.45) is 0 Å². The molecule has 0 heterocycles. The van der Waals surface area contributed by atoms with Gasteiger partial charge in [-0.1, -0.05) is 30.4 Å². The molecule has 1 rings (SSSR count). The van der Waals surface area contributed by atoms with Gasteiger partial charge in [0.2, 0.25) is 0 Å². The molecule has 0 amide bonds. The van der Waals surface area contributed by atoms with Crippen molar-refractivity contribution in [2.45, 2.75) is 19.3 Å². The SMILES string of the molecule is O=C1C=CC=CC=CCCC1. The summed E-state index contributed by atoms with van der Waals surface area (Å²) in [4.78, 5) is 11.0. The summed E-state index contributed by atoms with van der Waals surface area (Å²) in [7, 11) is 0. The Morgan fingerprint density at radius 2 is 1.91 bits per heavy atom. The van der Waals surface area contributed by atoms with Gasteiger partial charge in [-0.3, -0.25) is 4.79 Å². The Bertz CT molecular complexity index is 209. The zero-order valence-corrected chi connectivity index (χ0v) is 6.49. The number of rotatable bonds is 0. The molecule has 58 valence electrons. The van der Waals surface area contributed by atoms with Crippen LogP contribution in [0.5, 0.6) is 0 Å². The van der Waals surface area contributed by atoms with Gasteiger partial charge in [0.05, 0.1) is 0 Å². The van der Waals surface area contributed by atoms with E-state index in [9.17, 15) is 4.79 Å². The summed E-state index contributed by atoms with van der Waals surface area (Å²) in [6.45, 7) is 0. The van der Waals surface area contributed by atoms with E-state index in [4.69, 9.17) is 0 Å². The molecule has 0 fully saturated rings. The first-order valence-corrected chi connectivity index (χ1v) is 3.92. The average molecular weight is 148 g/mol. The van der Waals surface area contributed by atoms with Crippen molar-refractivity contribution in [3.63, 3.8) is 0 Å². The molecule has 0 aromatic carbocycles. The number of hydrogen-bond acceptors (Lipinski definition) is 1. The number of carbonyl (C=O) groups excluding carboxylic acids is 1. The lowest BCUT2D eigenvalue weighted by molar-refractivity contribution is -0.114. The first-order valence-electron chi connectivity index (χ1n) is 3.92. The molecule has 1 aliphatic rings. The molecule has 0 aromatic heterocycles. The van der Waals surface area contributed by atoms with E-state index in [1.807, 2.05) is 18.2 Å². The minimum Gasteiger partial charge on any atom is -0.295 e. The van der Waals surface area contributed by atoms with E-state index >= 15 is 0 Å².